The third-order valence-corrected chi connectivity index (χ3v) is 2.32. The Kier molecular flexibility index (Phi) is 8.65. The van der Waals surface area contributed by atoms with Gasteiger partial charge in [0.1, 0.15) is 0 Å². The second-order valence-corrected chi connectivity index (χ2v) is 4.23. The fourth-order valence-corrected chi connectivity index (χ4v) is 1.12. The van der Waals surface area contributed by atoms with Crippen molar-refractivity contribution in [1.82, 2.24) is 10.6 Å². The van der Waals surface area contributed by atoms with E-state index in [0.717, 1.165) is 0 Å². The van der Waals surface area contributed by atoms with Crippen LogP contribution in [0.2, 0.25) is 0 Å². The molecule has 0 aliphatic rings. The van der Waals surface area contributed by atoms with Crippen molar-refractivity contribution in [2.24, 2.45) is 11.7 Å². The number of nitrogens with one attached hydrogen (secondary N) is 2. The first-order chi connectivity index (χ1) is 8.49. The van der Waals surface area contributed by atoms with E-state index in [9.17, 15) is 9.59 Å². The molecule has 0 bridgehead atoms. The maximum atomic E-state index is 11.5. The number of carbonyl (C=O) groups is 2. The normalized spacial score (nSPS) is 11.8. The van der Waals surface area contributed by atoms with Gasteiger partial charge in [0.15, 0.2) is 0 Å². The van der Waals surface area contributed by atoms with Crippen LogP contribution in [0.25, 0.3) is 0 Å². The number of amides is 2. The van der Waals surface area contributed by atoms with Crippen molar-refractivity contribution < 1.29 is 14.3 Å². The van der Waals surface area contributed by atoms with E-state index in [-0.39, 0.29) is 24.3 Å². The third kappa shape index (κ3) is 7.67. The van der Waals surface area contributed by atoms with Gasteiger partial charge in [0.25, 0.3) is 0 Å². The maximum Gasteiger partial charge on any atom is 0.239 e. The summed E-state index contributed by atoms with van der Waals surface area (Å²) < 4.78 is 4.90. The van der Waals surface area contributed by atoms with E-state index < -0.39 is 6.04 Å². The SMILES string of the molecule is C=COCCCNC(=O)CNC(=O)[C@@H](N)C(C)C. The van der Waals surface area contributed by atoms with Crippen molar-refractivity contribution in [3.8, 4) is 0 Å². The summed E-state index contributed by atoms with van der Waals surface area (Å²) in [5.41, 5.74) is 5.63. The smallest absolute Gasteiger partial charge is 0.239 e. The molecule has 6 heteroatoms. The second kappa shape index (κ2) is 9.47. The molecule has 0 aliphatic heterocycles. The maximum absolute atomic E-state index is 11.5. The highest BCUT2D eigenvalue weighted by Crippen LogP contribution is 1.97. The van der Waals surface area contributed by atoms with Crippen molar-refractivity contribution in [1.29, 1.82) is 0 Å². The van der Waals surface area contributed by atoms with Crippen molar-refractivity contribution in [3.05, 3.63) is 12.8 Å². The first-order valence-corrected chi connectivity index (χ1v) is 6.01. The quantitative estimate of drug-likeness (QED) is 0.392. The Morgan fingerprint density at radius 3 is 2.61 bits per heavy atom. The molecule has 18 heavy (non-hydrogen) atoms. The molecule has 104 valence electrons. The summed E-state index contributed by atoms with van der Waals surface area (Å²) in [4.78, 5) is 22.8. The molecule has 0 fully saturated rings. The molecule has 0 unspecified atom stereocenters. The van der Waals surface area contributed by atoms with Gasteiger partial charge in [-0.25, -0.2) is 0 Å². The first kappa shape index (κ1) is 16.4. The lowest BCUT2D eigenvalue weighted by Gasteiger charge is -2.15. The zero-order valence-electron chi connectivity index (χ0n) is 11.1. The van der Waals surface area contributed by atoms with E-state index in [4.69, 9.17) is 10.5 Å². The highest BCUT2D eigenvalue weighted by atomic mass is 16.5. The van der Waals surface area contributed by atoms with Crippen molar-refractivity contribution in [3.63, 3.8) is 0 Å². The largest absolute Gasteiger partial charge is 0.502 e. The van der Waals surface area contributed by atoms with Crippen LogP contribution in [-0.2, 0) is 14.3 Å². The summed E-state index contributed by atoms with van der Waals surface area (Å²) in [5, 5.41) is 5.15. The summed E-state index contributed by atoms with van der Waals surface area (Å²) in [6.07, 6.45) is 2.05. The zero-order valence-corrected chi connectivity index (χ0v) is 11.1. The van der Waals surface area contributed by atoms with Crippen molar-refractivity contribution >= 4 is 11.8 Å². The molecule has 0 spiro atoms. The molecule has 4 N–H and O–H groups in total. The summed E-state index contributed by atoms with van der Waals surface area (Å²) in [5.74, 6) is -0.503. The van der Waals surface area contributed by atoms with E-state index in [2.05, 4.69) is 17.2 Å². The van der Waals surface area contributed by atoms with Gasteiger partial charge in [-0.1, -0.05) is 20.4 Å². The molecule has 2 amide bonds. The minimum atomic E-state index is -0.584. The first-order valence-electron chi connectivity index (χ1n) is 6.01. The lowest BCUT2D eigenvalue weighted by Crippen LogP contribution is -2.47. The van der Waals surface area contributed by atoms with Gasteiger partial charge in [0.2, 0.25) is 11.8 Å². The number of carbonyl (C=O) groups excluding carboxylic acids is 2. The summed E-state index contributed by atoms with van der Waals surface area (Å²) in [7, 11) is 0. The van der Waals surface area contributed by atoms with Gasteiger partial charge in [-0.2, -0.15) is 0 Å². The predicted octanol–water partition coefficient (Wildman–Crippen LogP) is -0.248. The van der Waals surface area contributed by atoms with E-state index >= 15 is 0 Å². The van der Waals surface area contributed by atoms with Crippen LogP contribution in [0.5, 0.6) is 0 Å². The van der Waals surface area contributed by atoms with Crippen molar-refractivity contribution in [2.75, 3.05) is 19.7 Å². The van der Waals surface area contributed by atoms with Crippen LogP contribution in [0.3, 0.4) is 0 Å². The molecule has 0 rings (SSSR count). The fraction of sp³-hybridized carbons (Fsp3) is 0.667. The summed E-state index contributed by atoms with van der Waals surface area (Å²) in [6, 6.07) is -0.584. The number of hydrogen-bond donors (Lipinski definition) is 3. The summed E-state index contributed by atoms with van der Waals surface area (Å²) >= 11 is 0. The highest BCUT2D eigenvalue weighted by molar-refractivity contribution is 5.87. The van der Waals surface area contributed by atoms with Crippen LogP contribution >= 0.6 is 0 Å². The van der Waals surface area contributed by atoms with E-state index in [1.165, 1.54) is 6.26 Å². The van der Waals surface area contributed by atoms with E-state index in [1.54, 1.807) is 0 Å². The Labute approximate surface area is 108 Å². The van der Waals surface area contributed by atoms with E-state index in [1.807, 2.05) is 13.8 Å². The fourth-order valence-electron chi connectivity index (χ4n) is 1.12. The minimum Gasteiger partial charge on any atom is -0.502 e. The second-order valence-electron chi connectivity index (χ2n) is 4.23. The van der Waals surface area contributed by atoms with Gasteiger partial charge in [-0.15, -0.1) is 0 Å². The van der Waals surface area contributed by atoms with Crippen LogP contribution in [0, 0.1) is 5.92 Å². The van der Waals surface area contributed by atoms with Crippen LogP contribution in [0.4, 0.5) is 0 Å². The topological polar surface area (TPSA) is 93.5 Å². The molecule has 1 atom stereocenters. The molecule has 6 nitrogen and oxygen atoms in total. The highest BCUT2D eigenvalue weighted by Gasteiger charge is 2.17. The van der Waals surface area contributed by atoms with Gasteiger partial charge in [-0.3, -0.25) is 9.59 Å². The number of rotatable bonds is 9. The molecular weight excluding hydrogens is 234 g/mol. The molecule has 0 aliphatic carbocycles. The Hall–Kier alpha value is -1.56. The Bertz CT molecular complexity index is 280. The van der Waals surface area contributed by atoms with Crippen LogP contribution < -0.4 is 16.4 Å². The van der Waals surface area contributed by atoms with Crippen LogP contribution in [-0.4, -0.2) is 37.6 Å². The lowest BCUT2D eigenvalue weighted by molar-refractivity contribution is -0.127. The van der Waals surface area contributed by atoms with Gasteiger partial charge in [0.05, 0.1) is 25.5 Å². The Morgan fingerprint density at radius 1 is 1.39 bits per heavy atom. The molecule has 0 aromatic heterocycles. The monoisotopic (exact) mass is 257 g/mol. The zero-order chi connectivity index (χ0) is 14.0. The van der Waals surface area contributed by atoms with Gasteiger partial charge < -0.3 is 21.1 Å². The lowest BCUT2D eigenvalue weighted by atomic mass is 10.1. The number of ether oxygens (including phenoxy) is 1. The number of nitrogens with two attached hydrogens (primary N) is 1. The summed E-state index contributed by atoms with van der Waals surface area (Å²) in [6.45, 7) is 8.06. The van der Waals surface area contributed by atoms with Gasteiger partial charge in [0, 0.05) is 6.54 Å². The molecule has 0 radical (unpaired) electrons. The Morgan fingerprint density at radius 2 is 2.06 bits per heavy atom. The van der Waals surface area contributed by atoms with Crippen LogP contribution in [0.1, 0.15) is 20.3 Å². The predicted molar refractivity (Wildman–Crippen MR) is 69.6 cm³/mol. The molecule has 0 heterocycles. The standard InChI is InChI=1S/C12H23N3O3/c1-4-18-7-5-6-14-10(16)8-15-12(17)11(13)9(2)3/h4,9,11H,1,5-8,13H2,2-3H3,(H,14,16)(H,15,17)/t11-/m0/s1. The number of hydrogen-bond acceptors (Lipinski definition) is 4. The molecular formula is C12H23N3O3. The third-order valence-electron chi connectivity index (χ3n) is 2.32. The Balaban J connectivity index is 3.64. The average Bonchev–Trinajstić information content (AvgIpc) is 2.34. The van der Waals surface area contributed by atoms with Crippen molar-refractivity contribution in [2.45, 2.75) is 26.3 Å². The average molecular weight is 257 g/mol. The minimum absolute atomic E-state index is 0.0455. The van der Waals surface area contributed by atoms with Gasteiger partial charge >= 0.3 is 0 Å². The molecule has 0 saturated heterocycles. The van der Waals surface area contributed by atoms with E-state index in [0.29, 0.717) is 19.6 Å². The van der Waals surface area contributed by atoms with Crippen LogP contribution in [0.15, 0.2) is 12.8 Å². The molecule has 0 aromatic carbocycles. The molecule has 0 aromatic rings. The molecule has 0 saturated carbocycles. The van der Waals surface area contributed by atoms with Gasteiger partial charge in [-0.05, 0) is 12.3 Å².